The van der Waals surface area contributed by atoms with E-state index < -0.39 is 71.0 Å². The van der Waals surface area contributed by atoms with Crippen LogP contribution in [0.25, 0.3) is 0 Å². The molecule has 290 valence electrons. The topological polar surface area (TPSA) is 222 Å². The van der Waals surface area contributed by atoms with Gasteiger partial charge in [-0.05, 0) is 43.5 Å². The molecule has 2 aromatic carbocycles. The zero-order chi connectivity index (χ0) is 39.5. The van der Waals surface area contributed by atoms with E-state index in [0.29, 0.717) is 11.3 Å². The summed E-state index contributed by atoms with van der Waals surface area (Å²) in [7, 11) is 0.132. The number of amidine groups is 1. The van der Waals surface area contributed by atoms with Gasteiger partial charge in [0, 0.05) is 63.1 Å². The number of hydrogen-bond acceptors (Lipinski definition) is 12. The van der Waals surface area contributed by atoms with Gasteiger partial charge in [-0.25, -0.2) is 4.79 Å². The molecular weight excluding hydrogens is 710 g/mol. The number of aliphatic imine (C=N–C) groups is 1. The lowest BCUT2D eigenvalue weighted by Gasteiger charge is -2.27. The number of carbonyl (C=O) groups excluding carboxylic acids is 6. The largest absolute Gasteiger partial charge is 0.511 e. The summed E-state index contributed by atoms with van der Waals surface area (Å²) in [4.78, 5) is 81.9. The summed E-state index contributed by atoms with van der Waals surface area (Å²) in [6.07, 6.45) is -0.852. The first kappa shape index (κ1) is 43.8. The SMILES string of the molecule is CCOC(=O)OC(C)OC(=O)CCN(C)C(=O)[C@H](Cc1ccccc1)NC(=O)[C@@H](CCS(C)=O)NC(=O)[C@H](Cc1ccc(OC(C)=O)cc1)N=C(C)N. The summed E-state index contributed by atoms with van der Waals surface area (Å²) in [6, 6.07) is 12.0. The minimum absolute atomic E-state index is 0.0181. The van der Waals surface area contributed by atoms with Gasteiger partial charge in [0.15, 0.2) is 0 Å². The Morgan fingerprint density at radius 2 is 1.51 bits per heavy atom. The molecule has 0 aliphatic carbocycles. The summed E-state index contributed by atoms with van der Waals surface area (Å²) in [6.45, 7) is 5.71. The van der Waals surface area contributed by atoms with Crippen LogP contribution in [0.15, 0.2) is 59.6 Å². The maximum atomic E-state index is 13.8. The van der Waals surface area contributed by atoms with Crippen molar-refractivity contribution in [2.75, 3.05) is 32.2 Å². The van der Waals surface area contributed by atoms with E-state index in [0.717, 1.165) is 5.56 Å². The maximum Gasteiger partial charge on any atom is 0.511 e. The molecule has 3 amide bonds. The molecule has 0 bridgehead atoms. The Hall–Kier alpha value is -5.32. The molecule has 17 heteroatoms. The third-order valence-electron chi connectivity index (χ3n) is 7.35. The van der Waals surface area contributed by atoms with Gasteiger partial charge in [0.05, 0.1) is 18.9 Å². The van der Waals surface area contributed by atoms with Crippen molar-refractivity contribution in [1.29, 1.82) is 0 Å². The van der Waals surface area contributed by atoms with Crippen molar-refractivity contribution < 1.29 is 51.9 Å². The van der Waals surface area contributed by atoms with E-state index >= 15 is 0 Å². The molecule has 0 aromatic heterocycles. The third-order valence-corrected chi connectivity index (χ3v) is 8.16. The van der Waals surface area contributed by atoms with Crippen molar-refractivity contribution in [3.8, 4) is 5.75 Å². The van der Waals surface area contributed by atoms with Crippen LogP contribution in [0.5, 0.6) is 5.75 Å². The fourth-order valence-corrected chi connectivity index (χ4v) is 5.43. The molecule has 0 saturated heterocycles. The van der Waals surface area contributed by atoms with Gasteiger partial charge in [-0.3, -0.25) is 33.2 Å². The number of nitrogens with two attached hydrogens (primary N) is 1. The van der Waals surface area contributed by atoms with Crippen molar-refractivity contribution in [3.05, 3.63) is 65.7 Å². The van der Waals surface area contributed by atoms with Crippen LogP contribution in [0.1, 0.15) is 51.7 Å². The zero-order valence-corrected chi connectivity index (χ0v) is 31.6. The standard InChI is InChI=1S/C36H49N5O11S/c1-7-49-36(47)52-25(4)51-32(43)17-19-41(5)35(46)31(22-26-11-9-8-10-12-26)40-33(44)29(18-20-53(6)48)39-34(45)30(38-23(2)37)21-27-13-15-28(16-14-27)50-24(3)42/h8-16,25,29-31H,7,17-22H2,1-6H3,(H2,37,38)(H,39,45)(H,40,44)/t25?,29-,30+,31+,53?/m1/s1. The predicted molar refractivity (Wildman–Crippen MR) is 196 cm³/mol. The van der Waals surface area contributed by atoms with E-state index in [2.05, 4.69) is 20.4 Å². The van der Waals surface area contributed by atoms with E-state index in [9.17, 15) is 33.0 Å². The van der Waals surface area contributed by atoms with E-state index in [4.69, 9.17) is 19.9 Å². The summed E-state index contributed by atoms with van der Waals surface area (Å²) in [5, 5.41) is 5.45. The monoisotopic (exact) mass is 759 g/mol. The molecule has 0 aliphatic rings. The minimum Gasteiger partial charge on any atom is -0.435 e. The quantitative estimate of drug-likeness (QED) is 0.0578. The number of nitrogens with one attached hydrogen (secondary N) is 2. The number of carbonyl (C=O) groups is 6. The van der Waals surface area contributed by atoms with Gasteiger partial charge in [0.2, 0.25) is 24.0 Å². The number of likely N-dealkylation sites (N-methyl/N-ethyl adjacent to an activating group) is 1. The van der Waals surface area contributed by atoms with Crippen LogP contribution in [-0.2, 0) is 61.8 Å². The van der Waals surface area contributed by atoms with E-state index in [1.54, 1.807) is 61.5 Å². The molecule has 4 N–H and O–H groups in total. The molecule has 0 fully saturated rings. The normalized spacial score (nSPS) is 14.0. The van der Waals surface area contributed by atoms with Crippen molar-refractivity contribution in [1.82, 2.24) is 15.5 Å². The van der Waals surface area contributed by atoms with Crippen LogP contribution in [0.4, 0.5) is 4.79 Å². The van der Waals surface area contributed by atoms with Crippen LogP contribution < -0.4 is 21.1 Å². The summed E-state index contributed by atoms with van der Waals surface area (Å²) >= 11 is 0. The van der Waals surface area contributed by atoms with Crippen LogP contribution in [-0.4, -0.2) is 107 Å². The van der Waals surface area contributed by atoms with Crippen molar-refractivity contribution >= 4 is 52.5 Å². The summed E-state index contributed by atoms with van der Waals surface area (Å²) < 4.78 is 31.7. The van der Waals surface area contributed by atoms with Gasteiger partial charge in [-0.15, -0.1) is 0 Å². The first-order chi connectivity index (χ1) is 25.1. The zero-order valence-electron chi connectivity index (χ0n) is 30.8. The maximum absolute atomic E-state index is 13.8. The predicted octanol–water partition coefficient (Wildman–Crippen LogP) is 1.79. The summed E-state index contributed by atoms with van der Waals surface area (Å²) in [5.74, 6) is -2.58. The number of hydrogen-bond donors (Lipinski definition) is 3. The number of esters is 2. The Morgan fingerprint density at radius 1 is 0.887 bits per heavy atom. The fourth-order valence-electron chi connectivity index (χ4n) is 4.86. The van der Waals surface area contributed by atoms with Crippen LogP contribution >= 0.6 is 0 Å². The molecule has 0 spiro atoms. The lowest BCUT2D eigenvalue weighted by atomic mass is 10.0. The fraction of sp³-hybridized carbons (Fsp3) is 0.472. The second-order valence-electron chi connectivity index (χ2n) is 12.0. The number of nitrogens with zero attached hydrogens (tertiary/aromatic N) is 2. The molecule has 0 saturated carbocycles. The molecule has 0 heterocycles. The Balaban J connectivity index is 2.24. The van der Waals surface area contributed by atoms with E-state index in [1.165, 1.54) is 39.0 Å². The average molecular weight is 760 g/mol. The molecule has 2 rings (SSSR count). The first-order valence-electron chi connectivity index (χ1n) is 16.9. The molecule has 53 heavy (non-hydrogen) atoms. The van der Waals surface area contributed by atoms with Gasteiger partial charge in [0.1, 0.15) is 23.9 Å². The van der Waals surface area contributed by atoms with Crippen molar-refractivity contribution in [2.45, 2.75) is 77.8 Å². The van der Waals surface area contributed by atoms with E-state index in [1.807, 2.05) is 0 Å². The third kappa shape index (κ3) is 17.2. The highest BCUT2D eigenvalue weighted by atomic mass is 32.2. The second-order valence-corrected chi connectivity index (χ2v) is 13.5. The molecule has 16 nitrogen and oxygen atoms in total. The van der Waals surface area contributed by atoms with Gasteiger partial charge in [-0.2, -0.15) is 0 Å². The highest BCUT2D eigenvalue weighted by molar-refractivity contribution is 7.84. The highest BCUT2D eigenvalue weighted by Crippen LogP contribution is 2.15. The number of rotatable bonds is 20. The van der Waals surface area contributed by atoms with Gasteiger partial charge < -0.3 is 40.2 Å². The Bertz CT molecular complexity index is 1600. The molecular formula is C36H49N5O11S. The number of amides is 3. The summed E-state index contributed by atoms with van der Waals surface area (Å²) in [5.41, 5.74) is 7.25. The van der Waals surface area contributed by atoms with Crippen molar-refractivity contribution in [3.63, 3.8) is 0 Å². The van der Waals surface area contributed by atoms with E-state index in [-0.39, 0.29) is 50.4 Å². The van der Waals surface area contributed by atoms with Crippen molar-refractivity contribution in [2.24, 2.45) is 10.7 Å². The molecule has 2 aromatic rings. The Labute approximate surface area is 311 Å². The van der Waals surface area contributed by atoms with Gasteiger partial charge in [0.25, 0.3) is 0 Å². The van der Waals surface area contributed by atoms with Crippen LogP contribution in [0.3, 0.4) is 0 Å². The van der Waals surface area contributed by atoms with Crippen LogP contribution in [0, 0.1) is 0 Å². The lowest BCUT2D eigenvalue weighted by Crippen LogP contribution is -2.56. The van der Waals surface area contributed by atoms with Crippen LogP contribution in [0.2, 0.25) is 0 Å². The second kappa shape index (κ2) is 22.6. The smallest absolute Gasteiger partial charge is 0.435 e. The average Bonchev–Trinajstić information content (AvgIpc) is 3.08. The molecule has 0 aliphatic heterocycles. The molecule has 5 atom stereocenters. The van der Waals surface area contributed by atoms with Gasteiger partial charge in [-0.1, -0.05) is 42.5 Å². The Kier molecular flexibility index (Phi) is 18.7. The lowest BCUT2D eigenvalue weighted by molar-refractivity contribution is -0.168. The number of ether oxygens (including phenoxy) is 4. The highest BCUT2D eigenvalue weighted by Gasteiger charge is 2.31. The molecule has 2 unspecified atom stereocenters. The Morgan fingerprint density at radius 3 is 2.09 bits per heavy atom. The van der Waals surface area contributed by atoms with Gasteiger partial charge >= 0.3 is 18.1 Å². The molecule has 0 radical (unpaired) electrons. The first-order valence-corrected chi connectivity index (χ1v) is 18.6. The minimum atomic E-state index is -1.32. The number of benzene rings is 2.